The lowest BCUT2D eigenvalue weighted by molar-refractivity contribution is -0.157. The lowest BCUT2D eigenvalue weighted by atomic mass is 10.2. The van der Waals surface area contributed by atoms with Gasteiger partial charge in [0.05, 0.1) is 17.3 Å². The topological polar surface area (TPSA) is 80.8 Å². The second-order valence-electron chi connectivity index (χ2n) is 6.97. The van der Waals surface area contributed by atoms with E-state index in [1.54, 1.807) is 6.92 Å². The number of likely N-dealkylation sites (N-methyl/N-ethyl adjacent to an activating group) is 1. The molecular weight excluding hydrogens is 466 g/mol. The highest BCUT2D eigenvalue weighted by atomic mass is 79.9. The van der Waals surface area contributed by atoms with Gasteiger partial charge >= 0.3 is 5.97 Å². The number of carbonyl (C=O) groups excluding carboxylic acids is 2. The first-order valence-electron chi connectivity index (χ1n) is 9.14. The highest BCUT2D eigenvalue weighted by molar-refractivity contribution is 9.10. The van der Waals surface area contributed by atoms with E-state index in [-0.39, 0.29) is 29.2 Å². The first-order chi connectivity index (χ1) is 13.0. The summed E-state index contributed by atoms with van der Waals surface area (Å²) in [5.74, 6) is -0.646. The Morgan fingerprint density at radius 2 is 2.00 bits per heavy atom. The van der Waals surface area contributed by atoms with Crippen LogP contribution in [0.2, 0.25) is 0 Å². The van der Waals surface area contributed by atoms with Crippen LogP contribution in [0.3, 0.4) is 0 Å². The van der Waals surface area contributed by atoms with Gasteiger partial charge in [-0.3, -0.25) is 9.59 Å². The van der Waals surface area contributed by atoms with Crippen LogP contribution in [0.5, 0.6) is 0 Å². The fraction of sp³-hybridized carbons (Fsp3) is 0.579. The van der Waals surface area contributed by atoms with Crippen molar-refractivity contribution < 1.29 is 22.7 Å². The third-order valence-corrected chi connectivity index (χ3v) is 8.47. The lowest BCUT2D eigenvalue weighted by Gasteiger charge is -2.29. The number of halogens is 1. The van der Waals surface area contributed by atoms with Gasteiger partial charge in [0.15, 0.2) is 15.9 Å². The van der Waals surface area contributed by atoms with Crippen LogP contribution in [0.4, 0.5) is 0 Å². The maximum atomic E-state index is 12.7. The highest BCUT2D eigenvalue weighted by Crippen LogP contribution is 2.28. The van der Waals surface area contributed by atoms with E-state index in [9.17, 15) is 18.0 Å². The van der Waals surface area contributed by atoms with Crippen molar-refractivity contribution in [2.75, 3.05) is 23.8 Å². The molecule has 1 aromatic carbocycles. The van der Waals surface area contributed by atoms with Crippen molar-refractivity contribution in [3.05, 3.63) is 27.7 Å². The van der Waals surface area contributed by atoms with Crippen LogP contribution in [0, 0.1) is 13.8 Å². The van der Waals surface area contributed by atoms with Crippen molar-refractivity contribution >= 4 is 49.4 Å². The van der Waals surface area contributed by atoms with Crippen LogP contribution in [-0.2, 0) is 24.2 Å². The zero-order valence-corrected chi connectivity index (χ0v) is 19.7. The van der Waals surface area contributed by atoms with Crippen molar-refractivity contribution in [2.24, 2.45) is 0 Å². The minimum atomic E-state index is -3.09. The number of amides is 1. The number of rotatable bonds is 7. The number of hydrogen-bond donors (Lipinski definition) is 0. The molecule has 1 aliphatic rings. The Kier molecular flexibility index (Phi) is 7.98. The summed E-state index contributed by atoms with van der Waals surface area (Å²) in [4.78, 5) is 27.4. The summed E-state index contributed by atoms with van der Waals surface area (Å²) in [5.41, 5.74) is 2.13. The molecule has 6 nitrogen and oxygen atoms in total. The fourth-order valence-electron chi connectivity index (χ4n) is 3.18. The molecule has 2 atom stereocenters. The zero-order chi connectivity index (χ0) is 21.1. The summed E-state index contributed by atoms with van der Waals surface area (Å²) >= 11 is 4.85. The van der Waals surface area contributed by atoms with Crippen LogP contribution < -0.4 is 0 Å². The minimum Gasteiger partial charge on any atom is -0.452 e. The molecule has 0 N–H and O–H groups in total. The molecular formula is C19H26BrNO5S2. The van der Waals surface area contributed by atoms with E-state index in [2.05, 4.69) is 15.9 Å². The van der Waals surface area contributed by atoms with Crippen molar-refractivity contribution in [3.8, 4) is 0 Å². The molecule has 156 valence electrons. The molecule has 0 aromatic heterocycles. The van der Waals surface area contributed by atoms with Gasteiger partial charge in [-0.05, 0) is 57.4 Å². The quantitative estimate of drug-likeness (QED) is 0.430. The molecule has 1 heterocycles. The zero-order valence-electron chi connectivity index (χ0n) is 16.5. The van der Waals surface area contributed by atoms with E-state index in [4.69, 9.17) is 4.74 Å². The van der Waals surface area contributed by atoms with E-state index >= 15 is 0 Å². The third kappa shape index (κ3) is 5.97. The number of nitrogens with zero attached hydrogens (tertiary/aromatic N) is 1. The third-order valence-electron chi connectivity index (χ3n) is 4.73. The Morgan fingerprint density at radius 3 is 2.57 bits per heavy atom. The van der Waals surface area contributed by atoms with Crippen LogP contribution in [0.15, 0.2) is 21.5 Å². The van der Waals surface area contributed by atoms with Gasteiger partial charge in [0.2, 0.25) is 0 Å². The van der Waals surface area contributed by atoms with Crippen molar-refractivity contribution in [2.45, 2.75) is 51.2 Å². The number of carbonyl (C=O) groups is 2. The number of benzene rings is 1. The Morgan fingerprint density at radius 1 is 1.32 bits per heavy atom. The van der Waals surface area contributed by atoms with Crippen molar-refractivity contribution in [3.63, 3.8) is 0 Å². The summed E-state index contributed by atoms with van der Waals surface area (Å²) in [5, 5.41) is 0. The van der Waals surface area contributed by atoms with Gasteiger partial charge in [0, 0.05) is 22.0 Å². The Bertz CT molecular complexity index is 856. The first kappa shape index (κ1) is 23.2. The van der Waals surface area contributed by atoms with Gasteiger partial charge in [0.25, 0.3) is 5.91 Å². The smallest absolute Gasteiger partial charge is 0.317 e. The SMILES string of the molecule is CCN(C(=O)C(C)OC(=O)CSc1cc(C)c(Br)cc1C)C1CCS(=O)(=O)C1. The summed E-state index contributed by atoms with van der Waals surface area (Å²) in [6, 6.07) is 3.67. The minimum absolute atomic E-state index is 0.0225. The van der Waals surface area contributed by atoms with Gasteiger partial charge < -0.3 is 9.64 Å². The van der Waals surface area contributed by atoms with Gasteiger partial charge in [-0.25, -0.2) is 8.42 Å². The molecule has 1 saturated heterocycles. The maximum absolute atomic E-state index is 12.7. The average molecular weight is 492 g/mol. The van der Waals surface area contributed by atoms with Crippen LogP contribution in [-0.4, -0.2) is 61.1 Å². The molecule has 0 spiro atoms. The first-order valence-corrected chi connectivity index (χ1v) is 12.7. The van der Waals surface area contributed by atoms with E-state index in [1.807, 2.05) is 26.0 Å². The van der Waals surface area contributed by atoms with Gasteiger partial charge in [-0.1, -0.05) is 15.9 Å². The van der Waals surface area contributed by atoms with E-state index in [1.165, 1.54) is 23.6 Å². The monoisotopic (exact) mass is 491 g/mol. The Hall–Kier alpha value is -1.06. The normalized spacial score (nSPS) is 19.2. The summed E-state index contributed by atoms with van der Waals surface area (Å²) in [6.45, 7) is 7.67. The second-order valence-corrected chi connectivity index (χ2v) is 11.1. The number of hydrogen-bond acceptors (Lipinski definition) is 6. The molecule has 0 aliphatic carbocycles. The van der Waals surface area contributed by atoms with Gasteiger partial charge in [-0.2, -0.15) is 0 Å². The highest BCUT2D eigenvalue weighted by Gasteiger charge is 2.36. The van der Waals surface area contributed by atoms with Crippen LogP contribution >= 0.6 is 27.7 Å². The van der Waals surface area contributed by atoms with Crippen molar-refractivity contribution in [1.29, 1.82) is 0 Å². The summed E-state index contributed by atoms with van der Waals surface area (Å²) in [7, 11) is -3.09. The molecule has 1 fully saturated rings. The molecule has 28 heavy (non-hydrogen) atoms. The Balaban J connectivity index is 1.92. The number of sulfone groups is 1. The molecule has 1 aliphatic heterocycles. The van der Waals surface area contributed by atoms with Gasteiger partial charge in [0.1, 0.15) is 0 Å². The van der Waals surface area contributed by atoms with Gasteiger partial charge in [-0.15, -0.1) is 11.8 Å². The lowest BCUT2D eigenvalue weighted by Crippen LogP contribution is -2.46. The average Bonchev–Trinajstić information content (AvgIpc) is 2.97. The largest absolute Gasteiger partial charge is 0.452 e. The van der Waals surface area contributed by atoms with Crippen LogP contribution in [0.25, 0.3) is 0 Å². The molecule has 2 unspecified atom stereocenters. The van der Waals surface area contributed by atoms with E-state index < -0.39 is 21.9 Å². The molecule has 9 heteroatoms. The predicted molar refractivity (Wildman–Crippen MR) is 114 cm³/mol. The number of aryl methyl sites for hydroxylation is 2. The molecule has 2 rings (SSSR count). The number of esters is 1. The predicted octanol–water partition coefficient (Wildman–Crippen LogP) is 3.13. The summed E-state index contributed by atoms with van der Waals surface area (Å²) in [6.07, 6.45) is -0.509. The molecule has 0 radical (unpaired) electrons. The molecule has 0 saturated carbocycles. The van der Waals surface area contributed by atoms with Crippen molar-refractivity contribution in [1.82, 2.24) is 4.90 Å². The fourth-order valence-corrected chi connectivity index (χ4v) is 6.25. The number of thioether (sulfide) groups is 1. The van der Waals surface area contributed by atoms with E-state index in [0.717, 1.165) is 20.5 Å². The Labute approximate surface area is 179 Å². The second kappa shape index (κ2) is 9.63. The summed E-state index contributed by atoms with van der Waals surface area (Å²) < 4.78 is 29.7. The molecule has 1 amide bonds. The standard InChI is InChI=1S/C19H26BrNO5S2/c1-5-21(15-6-7-28(24,25)11-15)19(23)14(4)26-18(22)10-27-17-9-12(2)16(20)8-13(17)3/h8-9,14-15H,5-7,10-11H2,1-4H3. The van der Waals surface area contributed by atoms with E-state index in [0.29, 0.717) is 13.0 Å². The maximum Gasteiger partial charge on any atom is 0.317 e. The van der Waals surface area contributed by atoms with Crippen LogP contribution in [0.1, 0.15) is 31.4 Å². The molecule has 0 bridgehead atoms. The number of ether oxygens (including phenoxy) is 1. The molecule has 1 aromatic rings.